The second kappa shape index (κ2) is 9.89. The number of phenolic OH excluding ortho intramolecular Hbond substituents is 1. The van der Waals surface area contributed by atoms with Gasteiger partial charge in [0.2, 0.25) is 11.8 Å². The minimum Gasteiger partial charge on any atom is -0.504 e. The Kier molecular flexibility index (Phi) is 7.57. The minimum atomic E-state index is -0.409. The molecule has 0 radical (unpaired) electrons. The number of benzene rings is 2. The van der Waals surface area contributed by atoms with Crippen molar-refractivity contribution in [1.82, 2.24) is 5.43 Å². The molecule has 148 valence electrons. The van der Waals surface area contributed by atoms with E-state index in [1.165, 1.54) is 13.3 Å². The fourth-order valence-corrected chi connectivity index (χ4v) is 2.93. The number of hydrazone groups is 1. The zero-order valence-corrected chi connectivity index (χ0v) is 17.5. The fraction of sp³-hybridized carbons (Fsp3) is 0.250. The summed E-state index contributed by atoms with van der Waals surface area (Å²) in [6.45, 7) is 3.89. The highest BCUT2D eigenvalue weighted by Gasteiger charge is 2.10. The number of aromatic hydroxyl groups is 1. The molecule has 0 aliphatic rings. The van der Waals surface area contributed by atoms with Gasteiger partial charge in [-0.1, -0.05) is 33.6 Å². The van der Waals surface area contributed by atoms with Gasteiger partial charge in [-0.25, -0.2) is 5.43 Å². The Hall–Kier alpha value is -2.87. The number of nitrogens with zero attached hydrogens (tertiary/aromatic N) is 1. The lowest BCUT2D eigenvalue weighted by Gasteiger charge is -2.09. The molecule has 2 aromatic rings. The Labute approximate surface area is 171 Å². The van der Waals surface area contributed by atoms with Crippen LogP contribution in [-0.2, 0) is 9.59 Å². The van der Waals surface area contributed by atoms with Crippen molar-refractivity contribution in [2.24, 2.45) is 5.10 Å². The van der Waals surface area contributed by atoms with E-state index in [0.717, 1.165) is 16.8 Å². The lowest BCUT2D eigenvalue weighted by molar-refractivity contribution is -0.124. The molecule has 0 aromatic heterocycles. The van der Waals surface area contributed by atoms with E-state index in [0.29, 0.717) is 10.0 Å². The Morgan fingerprint density at radius 1 is 1.18 bits per heavy atom. The highest BCUT2D eigenvalue weighted by molar-refractivity contribution is 9.10. The van der Waals surface area contributed by atoms with Crippen molar-refractivity contribution in [3.05, 3.63) is 51.5 Å². The third-order valence-corrected chi connectivity index (χ3v) is 4.37. The number of anilines is 1. The number of hydrogen-bond donors (Lipinski definition) is 3. The van der Waals surface area contributed by atoms with E-state index in [1.807, 2.05) is 32.0 Å². The Morgan fingerprint density at radius 3 is 2.57 bits per heavy atom. The van der Waals surface area contributed by atoms with Crippen LogP contribution in [0.5, 0.6) is 11.5 Å². The first-order valence-corrected chi connectivity index (χ1v) is 9.35. The molecular formula is C20H22BrN3O4. The van der Waals surface area contributed by atoms with Gasteiger partial charge in [-0.2, -0.15) is 5.10 Å². The van der Waals surface area contributed by atoms with Crippen molar-refractivity contribution in [2.45, 2.75) is 26.7 Å². The maximum absolute atomic E-state index is 12.0. The van der Waals surface area contributed by atoms with E-state index < -0.39 is 5.91 Å². The normalized spacial score (nSPS) is 10.7. The summed E-state index contributed by atoms with van der Waals surface area (Å²) in [7, 11) is 1.44. The number of carbonyl (C=O) groups excluding carboxylic acids is 2. The van der Waals surface area contributed by atoms with Crippen LogP contribution in [0.1, 0.15) is 29.5 Å². The lowest BCUT2D eigenvalue weighted by atomic mass is 10.1. The predicted octanol–water partition coefficient (Wildman–Crippen LogP) is 3.65. The standard InChI is InChI=1S/C20H22BrN3O4/c1-12-4-5-16(13(2)8-12)23-18(25)6-7-19(26)24-22-11-14-9-15(21)10-17(28-3)20(14)27/h4-5,8-11,27H,6-7H2,1-3H3,(H,23,25)(H,24,26)/b22-11+. The first-order valence-electron chi connectivity index (χ1n) is 8.55. The van der Waals surface area contributed by atoms with Crippen LogP contribution in [0, 0.1) is 13.8 Å². The monoisotopic (exact) mass is 447 g/mol. The third-order valence-electron chi connectivity index (χ3n) is 3.92. The molecule has 0 bridgehead atoms. The van der Waals surface area contributed by atoms with Crippen LogP contribution in [0.3, 0.4) is 0 Å². The third kappa shape index (κ3) is 6.09. The van der Waals surface area contributed by atoms with Gasteiger partial charge < -0.3 is 15.2 Å². The van der Waals surface area contributed by atoms with Crippen molar-refractivity contribution in [3.63, 3.8) is 0 Å². The Bertz CT molecular complexity index is 913. The molecule has 8 heteroatoms. The first-order chi connectivity index (χ1) is 13.3. The van der Waals surface area contributed by atoms with Gasteiger partial charge in [0.05, 0.1) is 13.3 Å². The SMILES string of the molecule is COc1cc(Br)cc(/C=N/NC(=O)CCC(=O)Nc2ccc(C)cc2C)c1O. The number of carbonyl (C=O) groups is 2. The fourth-order valence-electron chi connectivity index (χ4n) is 2.47. The zero-order chi connectivity index (χ0) is 20.7. The summed E-state index contributed by atoms with van der Waals surface area (Å²) >= 11 is 3.30. The van der Waals surface area contributed by atoms with Gasteiger partial charge in [0.1, 0.15) is 0 Å². The molecule has 3 N–H and O–H groups in total. The van der Waals surface area contributed by atoms with E-state index in [1.54, 1.807) is 12.1 Å². The molecule has 0 fully saturated rings. The highest BCUT2D eigenvalue weighted by atomic mass is 79.9. The highest BCUT2D eigenvalue weighted by Crippen LogP contribution is 2.32. The number of halogens is 1. The van der Waals surface area contributed by atoms with Crippen molar-refractivity contribution >= 4 is 39.6 Å². The summed E-state index contributed by atoms with van der Waals surface area (Å²) in [6, 6.07) is 8.97. The molecule has 2 aromatic carbocycles. The number of methoxy groups -OCH3 is 1. The molecule has 7 nitrogen and oxygen atoms in total. The van der Waals surface area contributed by atoms with E-state index >= 15 is 0 Å². The molecule has 2 rings (SSSR count). The quantitative estimate of drug-likeness (QED) is 0.445. The lowest BCUT2D eigenvalue weighted by Crippen LogP contribution is -2.20. The van der Waals surface area contributed by atoms with Crippen LogP contribution in [0.2, 0.25) is 0 Å². The number of rotatable bonds is 7. The molecule has 0 aliphatic heterocycles. The van der Waals surface area contributed by atoms with Crippen molar-refractivity contribution < 1.29 is 19.4 Å². The van der Waals surface area contributed by atoms with Crippen LogP contribution in [0.4, 0.5) is 5.69 Å². The van der Waals surface area contributed by atoms with E-state index in [2.05, 4.69) is 31.8 Å². The summed E-state index contributed by atoms with van der Waals surface area (Å²) in [5, 5.41) is 16.6. The Balaban J connectivity index is 1.85. The topological polar surface area (TPSA) is 100 Å². The van der Waals surface area contributed by atoms with Crippen LogP contribution in [0.15, 0.2) is 39.9 Å². The summed E-state index contributed by atoms with van der Waals surface area (Å²) in [6.07, 6.45) is 1.32. The minimum absolute atomic E-state index is 0.0120. The van der Waals surface area contributed by atoms with Gasteiger partial charge in [-0.05, 0) is 37.6 Å². The van der Waals surface area contributed by atoms with Gasteiger partial charge in [-0.3, -0.25) is 9.59 Å². The molecule has 2 amide bonds. The predicted molar refractivity (Wildman–Crippen MR) is 112 cm³/mol. The first kappa shape index (κ1) is 21.4. The number of aryl methyl sites for hydroxylation is 2. The summed E-state index contributed by atoms with van der Waals surface area (Å²) in [4.78, 5) is 23.9. The molecule has 0 saturated carbocycles. The number of hydrogen-bond acceptors (Lipinski definition) is 5. The van der Waals surface area contributed by atoms with Gasteiger partial charge >= 0.3 is 0 Å². The molecule has 0 atom stereocenters. The molecule has 28 heavy (non-hydrogen) atoms. The summed E-state index contributed by atoms with van der Waals surface area (Å²) in [5.74, 6) is -0.462. The van der Waals surface area contributed by atoms with Gasteiger partial charge in [-0.15, -0.1) is 0 Å². The van der Waals surface area contributed by atoms with Gasteiger partial charge in [0.15, 0.2) is 11.5 Å². The molecule has 0 unspecified atom stereocenters. The van der Waals surface area contributed by atoms with Crippen LogP contribution in [0.25, 0.3) is 0 Å². The van der Waals surface area contributed by atoms with Crippen LogP contribution < -0.4 is 15.5 Å². The van der Waals surface area contributed by atoms with Gasteiger partial charge in [0, 0.05) is 28.6 Å². The van der Waals surface area contributed by atoms with Crippen molar-refractivity contribution in [3.8, 4) is 11.5 Å². The molecule has 0 aliphatic carbocycles. The van der Waals surface area contributed by atoms with Crippen molar-refractivity contribution in [2.75, 3.05) is 12.4 Å². The van der Waals surface area contributed by atoms with Crippen molar-refractivity contribution in [1.29, 1.82) is 0 Å². The van der Waals surface area contributed by atoms with E-state index in [4.69, 9.17) is 4.74 Å². The van der Waals surface area contributed by atoms with Crippen LogP contribution >= 0.6 is 15.9 Å². The largest absolute Gasteiger partial charge is 0.504 e. The molecule has 0 heterocycles. The molecule has 0 saturated heterocycles. The van der Waals surface area contributed by atoms with Gasteiger partial charge in [0.25, 0.3) is 0 Å². The average molecular weight is 448 g/mol. The Morgan fingerprint density at radius 2 is 1.89 bits per heavy atom. The second-order valence-electron chi connectivity index (χ2n) is 6.21. The maximum atomic E-state index is 12.0. The smallest absolute Gasteiger partial charge is 0.240 e. The number of nitrogens with one attached hydrogen (secondary N) is 2. The maximum Gasteiger partial charge on any atom is 0.240 e. The van der Waals surface area contributed by atoms with E-state index in [9.17, 15) is 14.7 Å². The zero-order valence-electron chi connectivity index (χ0n) is 15.9. The average Bonchev–Trinajstić information content (AvgIpc) is 2.64. The summed E-state index contributed by atoms with van der Waals surface area (Å²) in [5.41, 5.74) is 5.52. The number of amides is 2. The molecular weight excluding hydrogens is 426 g/mol. The molecule has 0 spiro atoms. The summed E-state index contributed by atoms with van der Waals surface area (Å²) < 4.78 is 5.74. The number of ether oxygens (including phenoxy) is 1. The number of phenols is 1. The van der Waals surface area contributed by atoms with Crippen LogP contribution in [-0.4, -0.2) is 30.2 Å². The van der Waals surface area contributed by atoms with E-state index in [-0.39, 0.29) is 30.2 Å². The second-order valence-corrected chi connectivity index (χ2v) is 7.12.